The number of amides is 2. The Labute approximate surface area is 171 Å². The van der Waals surface area contributed by atoms with Crippen molar-refractivity contribution in [3.8, 4) is 0 Å². The lowest BCUT2D eigenvalue weighted by atomic mass is 10.1. The van der Waals surface area contributed by atoms with Crippen LogP contribution >= 0.6 is 11.6 Å². The van der Waals surface area contributed by atoms with E-state index in [1.807, 2.05) is 0 Å². The van der Waals surface area contributed by atoms with Gasteiger partial charge in [0.1, 0.15) is 0 Å². The number of nitrogens with zero attached hydrogens (tertiary/aromatic N) is 1. The number of anilines is 2. The van der Waals surface area contributed by atoms with Crippen molar-refractivity contribution in [3.05, 3.63) is 58.6 Å². The van der Waals surface area contributed by atoms with E-state index in [2.05, 4.69) is 5.32 Å². The Morgan fingerprint density at radius 2 is 1.50 bits per heavy atom. The first kappa shape index (κ1) is 21.9. The second-order valence-electron chi connectivity index (χ2n) is 6.67. The maximum Gasteiger partial charge on any atom is 0.416 e. The average Bonchev–Trinajstić information content (AvgIpc) is 3.02. The van der Waals surface area contributed by atoms with Crippen LogP contribution in [0.1, 0.15) is 17.5 Å². The number of rotatable bonds is 3. The van der Waals surface area contributed by atoms with E-state index < -0.39 is 46.9 Å². The maximum atomic E-state index is 13.0. The fourth-order valence-electron chi connectivity index (χ4n) is 3.03. The number of carbonyl (C=O) groups excluding carboxylic acids is 2. The molecule has 1 aliphatic heterocycles. The molecule has 4 nitrogen and oxygen atoms in total. The van der Waals surface area contributed by atoms with Gasteiger partial charge < -0.3 is 10.2 Å². The molecule has 160 valence electrons. The predicted octanol–water partition coefficient (Wildman–Crippen LogP) is 5.37. The summed E-state index contributed by atoms with van der Waals surface area (Å²) < 4.78 is 77.7. The molecule has 0 saturated carbocycles. The monoisotopic (exact) mass is 450 g/mol. The topological polar surface area (TPSA) is 49.4 Å². The molecule has 2 amide bonds. The van der Waals surface area contributed by atoms with Crippen molar-refractivity contribution >= 4 is 34.8 Å². The van der Waals surface area contributed by atoms with Gasteiger partial charge in [0.05, 0.1) is 17.0 Å². The summed E-state index contributed by atoms with van der Waals surface area (Å²) in [5.74, 6) is -2.21. The summed E-state index contributed by atoms with van der Waals surface area (Å²) in [6.45, 7) is -0.0720. The molecular weight excluding hydrogens is 438 g/mol. The Bertz CT molecular complexity index is 940. The fraction of sp³-hybridized carbons (Fsp3) is 0.263. The number of carbonyl (C=O) groups is 2. The molecule has 1 unspecified atom stereocenters. The molecule has 11 heteroatoms. The van der Waals surface area contributed by atoms with Crippen molar-refractivity contribution < 1.29 is 35.9 Å². The summed E-state index contributed by atoms with van der Waals surface area (Å²) in [7, 11) is 0. The van der Waals surface area contributed by atoms with Crippen molar-refractivity contribution in [2.45, 2.75) is 18.8 Å². The first-order chi connectivity index (χ1) is 13.8. The van der Waals surface area contributed by atoms with Crippen LogP contribution in [0.5, 0.6) is 0 Å². The summed E-state index contributed by atoms with van der Waals surface area (Å²) >= 11 is 5.79. The van der Waals surface area contributed by atoms with Crippen LogP contribution in [0.15, 0.2) is 42.5 Å². The summed E-state index contributed by atoms with van der Waals surface area (Å²) in [4.78, 5) is 26.0. The highest BCUT2D eigenvalue weighted by atomic mass is 35.5. The van der Waals surface area contributed by atoms with Crippen LogP contribution in [0.3, 0.4) is 0 Å². The van der Waals surface area contributed by atoms with Crippen molar-refractivity contribution in [1.82, 2.24) is 0 Å². The largest absolute Gasteiger partial charge is 0.416 e. The maximum absolute atomic E-state index is 13.0. The molecule has 0 spiro atoms. The minimum Gasteiger partial charge on any atom is -0.326 e. The van der Waals surface area contributed by atoms with Crippen LogP contribution in [0, 0.1) is 5.92 Å². The van der Waals surface area contributed by atoms with E-state index >= 15 is 0 Å². The van der Waals surface area contributed by atoms with Gasteiger partial charge >= 0.3 is 12.4 Å². The average molecular weight is 451 g/mol. The van der Waals surface area contributed by atoms with E-state index in [9.17, 15) is 35.9 Å². The van der Waals surface area contributed by atoms with E-state index in [4.69, 9.17) is 11.6 Å². The molecule has 0 aromatic heterocycles. The molecule has 1 N–H and O–H groups in total. The van der Waals surface area contributed by atoms with E-state index in [-0.39, 0.29) is 19.0 Å². The molecule has 2 aromatic carbocycles. The van der Waals surface area contributed by atoms with Gasteiger partial charge in [-0.25, -0.2) is 0 Å². The van der Waals surface area contributed by atoms with Crippen molar-refractivity contribution in [3.63, 3.8) is 0 Å². The van der Waals surface area contributed by atoms with Gasteiger partial charge in [-0.05, 0) is 42.5 Å². The predicted molar refractivity (Wildman–Crippen MR) is 97.0 cm³/mol. The van der Waals surface area contributed by atoms with Gasteiger partial charge in [-0.15, -0.1) is 0 Å². The highest BCUT2D eigenvalue weighted by Crippen LogP contribution is 2.38. The Kier molecular flexibility index (Phi) is 5.72. The molecule has 3 rings (SSSR count). The van der Waals surface area contributed by atoms with Gasteiger partial charge in [-0.1, -0.05) is 11.6 Å². The van der Waals surface area contributed by atoms with E-state index in [1.165, 1.54) is 4.90 Å². The molecule has 1 atom stereocenters. The van der Waals surface area contributed by atoms with E-state index in [0.29, 0.717) is 22.8 Å². The van der Waals surface area contributed by atoms with E-state index in [0.717, 1.165) is 0 Å². The summed E-state index contributed by atoms with van der Waals surface area (Å²) in [5, 5.41) is 2.51. The van der Waals surface area contributed by atoms with Crippen LogP contribution in [0.4, 0.5) is 37.7 Å². The lowest BCUT2D eigenvalue weighted by Gasteiger charge is -2.18. The third kappa shape index (κ3) is 4.86. The highest BCUT2D eigenvalue weighted by molar-refractivity contribution is 6.30. The molecule has 1 aliphatic rings. The minimum absolute atomic E-state index is 0.0307. The highest BCUT2D eigenvalue weighted by Gasteiger charge is 2.38. The van der Waals surface area contributed by atoms with Crippen molar-refractivity contribution in [1.29, 1.82) is 0 Å². The third-order valence-corrected chi connectivity index (χ3v) is 4.74. The zero-order valence-corrected chi connectivity index (χ0v) is 15.7. The smallest absolute Gasteiger partial charge is 0.326 e. The number of benzene rings is 2. The van der Waals surface area contributed by atoms with Gasteiger partial charge in [-0.2, -0.15) is 26.3 Å². The summed E-state index contributed by atoms with van der Waals surface area (Å²) in [6, 6.07) is 7.00. The lowest BCUT2D eigenvalue weighted by molar-refractivity contribution is -0.143. The fourth-order valence-corrected chi connectivity index (χ4v) is 3.15. The Morgan fingerprint density at radius 1 is 0.967 bits per heavy atom. The Morgan fingerprint density at radius 3 is 2.00 bits per heavy atom. The number of hydrogen-bond donors (Lipinski definition) is 1. The van der Waals surface area contributed by atoms with Crippen LogP contribution in [-0.4, -0.2) is 18.4 Å². The lowest BCUT2D eigenvalue weighted by Crippen LogP contribution is -2.28. The standard InChI is InChI=1S/C19H13ClF6N2O2/c20-13-1-3-15(4-2-13)28-9-10(5-16(28)29)17(30)27-14-7-11(18(21,22)23)6-12(8-14)19(24,25)26/h1-4,6-8,10H,5,9H2,(H,27,30). The van der Waals surface area contributed by atoms with Crippen LogP contribution < -0.4 is 10.2 Å². The second kappa shape index (κ2) is 7.82. The SMILES string of the molecule is O=C(Nc1cc(C(F)(F)F)cc(C(F)(F)F)c1)C1CC(=O)N(c2ccc(Cl)cc2)C1. The first-order valence-corrected chi connectivity index (χ1v) is 8.88. The quantitative estimate of drug-likeness (QED) is 0.639. The minimum atomic E-state index is -5.03. The second-order valence-corrected chi connectivity index (χ2v) is 7.10. The van der Waals surface area contributed by atoms with Crippen molar-refractivity contribution in [2.75, 3.05) is 16.8 Å². The zero-order valence-electron chi connectivity index (χ0n) is 14.9. The zero-order chi connectivity index (χ0) is 22.3. The Balaban J connectivity index is 1.80. The van der Waals surface area contributed by atoms with Gasteiger partial charge in [0, 0.05) is 29.4 Å². The van der Waals surface area contributed by atoms with Crippen LogP contribution in [0.2, 0.25) is 5.02 Å². The molecule has 1 heterocycles. The van der Waals surface area contributed by atoms with Gasteiger partial charge in [0.15, 0.2) is 0 Å². The summed E-state index contributed by atoms with van der Waals surface area (Å²) in [5.41, 5.74) is -3.27. The van der Waals surface area contributed by atoms with Gasteiger partial charge in [0.25, 0.3) is 0 Å². The van der Waals surface area contributed by atoms with Crippen LogP contribution in [-0.2, 0) is 21.9 Å². The molecule has 2 aromatic rings. The number of nitrogens with one attached hydrogen (secondary N) is 1. The third-order valence-electron chi connectivity index (χ3n) is 4.49. The molecule has 1 saturated heterocycles. The molecule has 0 bridgehead atoms. The number of alkyl halides is 6. The van der Waals surface area contributed by atoms with Gasteiger partial charge in [0.2, 0.25) is 11.8 Å². The number of halogens is 7. The molecule has 0 radical (unpaired) electrons. The molecule has 1 fully saturated rings. The van der Waals surface area contributed by atoms with Gasteiger partial charge in [-0.3, -0.25) is 9.59 Å². The molecular formula is C19H13ClF6N2O2. The van der Waals surface area contributed by atoms with Crippen molar-refractivity contribution in [2.24, 2.45) is 5.92 Å². The van der Waals surface area contributed by atoms with Crippen LogP contribution in [0.25, 0.3) is 0 Å². The normalized spacial score (nSPS) is 17.4. The summed E-state index contributed by atoms with van der Waals surface area (Å²) in [6.07, 6.45) is -10.3. The first-order valence-electron chi connectivity index (χ1n) is 8.51. The number of hydrogen-bond acceptors (Lipinski definition) is 2. The van der Waals surface area contributed by atoms with E-state index in [1.54, 1.807) is 24.3 Å². The molecule has 0 aliphatic carbocycles. The Hall–Kier alpha value is -2.75. The molecule has 30 heavy (non-hydrogen) atoms.